The van der Waals surface area contributed by atoms with E-state index in [1.54, 1.807) is 6.92 Å². The minimum Gasteiger partial charge on any atom is -0.442 e. The molecule has 4 rings (SSSR count). The molecule has 34 heavy (non-hydrogen) atoms. The molecule has 0 aliphatic carbocycles. The molecule has 2 aromatic carbocycles. The van der Waals surface area contributed by atoms with Gasteiger partial charge in [-0.3, -0.25) is 9.80 Å². The first kappa shape index (κ1) is 23.7. The Labute approximate surface area is 197 Å². The van der Waals surface area contributed by atoms with Crippen molar-refractivity contribution in [1.82, 2.24) is 10.0 Å². The third kappa shape index (κ3) is 5.52. The number of hydrogen-bond acceptors (Lipinski definition) is 6. The van der Waals surface area contributed by atoms with Crippen molar-refractivity contribution in [2.75, 3.05) is 31.1 Å². The van der Waals surface area contributed by atoms with E-state index >= 15 is 8.78 Å². The molecule has 2 aliphatic rings. The van der Waals surface area contributed by atoms with Crippen molar-refractivity contribution in [2.45, 2.75) is 26.0 Å². The summed E-state index contributed by atoms with van der Waals surface area (Å²) in [6.07, 6.45) is 1.07. The lowest BCUT2D eigenvalue weighted by atomic mass is 9.97. The van der Waals surface area contributed by atoms with Crippen molar-refractivity contribution in [3.63, 3.8) is 0 Å². The Kier molecular flexibility index (Phi) is 7.09. The first-order valence-electron chi connectivity index (χ1n) is 11.1. The molecule has 180 valence electrons. The van der Waals surface area contributed by atoms with Crippen LogP contribution >= 0.6 is 0 Å². The number of amides is 1. The van der Waals surface area contributed by atoms with Gasteiger partial charge in [-0.15, -0.1) is 5.10 Å². The maximum Gasteiger partial charge on any atom is 0.414 e. The molecule has 1 fully saturated rings. The number of hydrogen-bond donors (Lipinski definition) is 2. The van der Waals surface area contributed by atoms with Crippen molar-refractivity contribution in [2.24, 2.45) is 16.7 Å². The maximum absolute atomic E-state index is 15.0. The third-order valence-electron chi connectivity index (χ3n) is 5.75. The molecule has 2 heterocycles. The van der Waals surface area contributed by atoms with Crippen molar-refractivity contribution >= 4 is 23.2 Å². The maximum atomic E-state index is 15.0. The lowest BCUT2D eigenvalue weighted by molar-refractivity contribution is 0.110. The number of amidine groups is 1. The summed E-state index contributed by atoms with van der Waals surface area (Å²) in [5.41, 5.74) is 7.35. The molecular weight excluding hydrogens is 442 g/mol. The highest BCUT2D eigenvalue weighted by Gasteiger charge is 2.34. The van der Waals surface area contributed by atoms with Gasteiger partial charge in [0.15, 0.2) is 0 Å². The Morgan fingerprint density at radius 1 is 1.24 bits per heavy atom. The Hall–Kier alpha value is -3.50. The van der Waals surface area contributed by atoms with Gasteiger partial charge in [-0.05, 0) is 36.6 Å². The van der Waals surface area contributed by atoms with Crippen LogP contribution in [0.2, 0.25) is 0 Å². The predicted molar refractivity (Wildman–Crippen MR) is 126 cm³/mol. The lowest BCUT2D eigenvalue weighted by Gasteiger charge is -2.27. The first-order chi connectivity index (χ1) is 16.3. The molecule has 8 nitrogen and oxygen atoms in total. The van der Waals surface area contributed by atoms with E-state index in [1.807, 2.05) is 24.3 Å². The third-order valence-corrected chi connectivity index (χ3v) is 5.75. The number of hydrazine groups is 1. The van der Waals surface area contributed by atoms with Crippen LogP contribution in [-0.4, -0.2) is 54.2 Å². The van der Waals surface area contributed by atoms with Crippen LogP contribution in [0.3, 0.4) is 0 Å². The zero-order chi connectivity index (χ0) is 24.2. The number of carbonyl (C=O) groups is 1. The molecule has 0 bridgehead atoms. The smallest absolute Gasteiger partial charge is 0.414 e. The van der Waals surface area contributed by atoms with Gasteiger partial charge < -0.3 is 10.5 Å². The average molecular weight is 471 g/mol. The van der Waals surface area contributed by atoms with Crippen LogP contribution in [0.1, 0.15) is 24.5 Å². The second-order valence-corrected chi connectivity index (χ2v) is 8.46. The van der Waals surface area contributed by atoms with Crippen molar-refractivity contribution in [3.05, 3.63) is 71.3 Å². The first-order valence-corrected chi connectivity index (χ1v) is 11.1. The summed E-state index contributed by atoms with van der Waals surface area (Å²) in [4.78, 5) is 15.7. The number of cyclic esters (lactones) is 1. The van der Waals surface area contributed by atoms with Gasteiger partial charge in [0, 0.05) is 25.2 Å². The van der Waals surface area contributed by atoms with E-state index in [0.717, 1.165) is 11.7 Å². The summed E-state index contributed by atoms with van der Waals surface area (Å²) in [7, 11) is 0. The van der Waals surface area contributed by atoms with Crippen molar-refractivity contribution in [1.29, 1.82) is 0 Å². The number of nitrogens with zero attached hydrogens (tertiary/aromatic N) is 4. The Morgan fingerprint density at radius 2 is 1.94 bits per heavy atom. The molecule has 0 aromatic heterocycles. The molecule has 0 saturated carbocycles. The fourth-order valence-electron chi connectivity index (χ4n) is 4.23. The van der Waals surface area contributed by atoms with E-state index in [1.165, 1.54) is 22.6 Å². The van der Waals surface area contributed by atoms with Crippen LogP contribution in [0, 0.1) is 11.6 Å². The molecule has 1 amide bonds. The second-order valence-electron chi connectivity index (χ2n) is 8.46. The van der Waals surface area contributed by atoms with Crippen LogP contribution in [-0.2, 0) is 11.3 Å². The lowest BCUT2D eigenvalue weighted by Crippen LogP contribution is -2.37. The second kappa shape index (κ2) is 10.2. The highest BCUT2D eigenvalue weighted by Crippen LogP contribution is 2.32. The molecule has 1 unspecified atom stereocenters. The van der Waals surface area contributed by atoms with E-state index in [4.69, 9.17) is 16.3 Å². The minimum atomic E-state index is -0.710. The fraction of sp³-hybridized carbons (Fsp3) is 0.333. The highest BCUT2D eigenvalue weighted by molar-refractivity contribution is 5.90. The van der Waals surface area contributed by atoms with E-state index in [0.29, 0.717) is 25.1 Å². The molecule has 2 aromatic rings. The summed E-state index contributed by atoms with van der Waals surface area (Å²) < 4.78 is 35.3. The topological polar surface area (TPSA) is 100 Å². The molecule has 0 radical (unpaired) electrons. The van der Waals surface area contributed by atoms with Gasteiger partial charge in [-0.2, -0.15) is 0 Å². The number of nitrogens with two attached hydrogens (primary N) is 2. The van der Waals surface area contributed by atoms with Crippen molar-refractivity contribution < 1.29 is 18.3 Å². The summed E-state index contributed by atoms with van der Waals surface area (Å²) in [5, 5.41) is 4.92. The number of halogens is 2. The number of ether oxygens (including phenoxy) is 1. The quantitative estimate of drug-likeness (QED) is 0.279. The summed E-state index contributed by atoms with van der Waals surface area (Å²) in [6.45, 7) is 3.83. The zero-order valence-electron chi connectivity index (χ0n) is 19.0. The van der Waals surface area contributed by atoms with Gasteiger partial charge in [0.25, 0.3) is 0 Å². The molecule has 1 saturated heterocycles. The monoisotopic (exact) mass is 470 g/mol. The van der Waals surface area contributed by atoms with Crippen LogP contribution in [0.4, 0.5) is 19.3 Å². The summed E-state index contributed by atoms with van der Waals surface area (Å²) in [6, 6.07) is 12.4. The average Bonchev–Trinajstić information content (AvgIpc) is 3.14. The number of rotatable bonds is 7. The predicted octanol–water partition coefficient (Wildman–Crippen LogP) is 3.05. The van der Waals surface area contributed by atoms with Gasteiger partial charge >= 0.3 is 6.09 Å². The van der Waals surface area contributed by atoms with Crippen LogP contribution < -0.4 is 16.5 Å². The Morgan fingerprint density at radius 3 is 2.56 bits per heavy atom. The van der Waals surface area contributed by atoms with Crippen molar-refractivity contribution in [3.8, 4) is 0 Å². The molecule has 1 atom stereocenters. The number of benzene rings is 2. The summed E-state index contributed by atoms with van der Waals surface area (Å²) in [5.74, 6) is 4.55. The van der Waals surface area contributed by atoms with Crippen LogP contribution in [0.15, 0.2) is 53.6 Å². The normalized spacial score (nSPS) is 19.2. The van der Waals surface area contributed by atoms with Gasteiger partial charge in [-0.1, -0.05) is 36.4 Å². The molecule has 2 aliphatic heterocycles. The standard InChI is InChI=1S/C24H28F2N6O2/c1-16(27)29-32(28)15-20-14-31(24(33)34-20)19-11-21(25)23(22(26)12-19)18-7-9-30(10-8-18)13-17-5-3-2-4-6-17/h2-7,11-12,20H,8-10,13-15,28H2,1H3,(H2,27,29). The van der Waals surface area contributed by atoms with Gasteiger partial charge in [-0.25, -0.2) is 24.5 Å². The minimum absolute atomic E-state index is 0.0480. The van der Waals surface area contributed by atoms with E-state index in [2.05, 4.69) is 22.1 Å². The molecule has 4 N–H and O–H groups in total. The van der Waals surface area contributed by atoms with Gasteiger partial charge in [0.1, 0.15) is 23.6 Å². The van der Waals surface area contributed by atoms with Gasteiger partial charge in [0.2, 0.25) is 0 Å². The largest absolute Gasteiger partial charge is 0.442 e. The number of anilines is 1. The number of carbonyl (C=O) groups excluding carboxylic acids is 1. The van der Waals surface area contributed by atoms with E-state index in [-0.39, 0.29) is 30.2 Å². The summed E-state index contributed by atoms with van der Waals surface area (Å²) >= 11 is 0. The van der Waals surface area contributed by atoms with Gasteiger partial charge in [0.05, 0.1) is 18.8 Å². The van der Waals surface area contributed by atoms with E-state index in [9.17, 15) is 4.79 Å². The molecule has 10 heteroatoms. The van der Waals surface area contributed by atoms with Crippen LogP contribution in [0.25, 0.3) is 5.57 Å². The fourth-order valence-corrected chi connectivity index (χ4v) is 4.23. The SMILES string of the molecule is C/C(N)=N/N(N)CC1CN(c2cc(F)c(C3=CCN(Cc4ccccc4)CC3)c(F)c2)C(=O)O1. The Balaban J connectivity index is 1.44. The number of hydrazone groups is 1. The van der Waals surface area contributed by atoms with Crippen LogP contribution in [0.5, 0.6) is 0 Å². The molecular formula is C24H28F2N6O2. The van der Waals surface area contributed by atoms with E-state index < -0.39 is 23.8 Å². The molecule has 0 spiro atoms. The highest BCUT2D eigenvalue weighted by atomic mass is 19.1. The Bertz CT molecular complexity index is 1080. The zero-order valence-corrected chi connectivity index (χ0v) is 19.0.